The van der Waals surface area contributed by atoms with Gasteiger partial charge in [-0.25, -0.2) is 18.1 Å². The largest absolute Gasteiger partial charge is 0.372 e. The van der Waals surface area contributed by atoms with Crippen LogP contribution in [0.3, 0.4) is 0 Å². The highest BCUT2D eigenvalue weighted by atomic mass is 32.2. The summed E-state index contributed by atoms with van der Waals surface area (Å²) in [5, 5.41) is 2.80. The molecule has 0 saturated carbocycles. The molecule has 7 heteroatoms. The normalized spacial score (nSPS) is 13.1. The number of hydrogen-bond donors (Lipinski definition) is 2. The average Bonchev–Trinajstić information content (AvgIpc) is 2.77. The van der Waals surface area contributed by atoms with Crippen LogP contribution >= 0.6 is 11.3 Å². The van der Waals surface area contributed by atoms with E-state index in [9.17, 15) is 8.42 Å². The number of hydrogen-bond acceptors (Lipinski definition) is 5. The number of aromatic nitrogens is 1. The second kappa shape index (κ2) is 6.13. The monoisotopic (exact) mass is 325 g/mol. The molecule has 0 aromatic carbocycles. The van der Waals surface area contributed by atoms with Gasteiger partial charge < -0.3 is 5.32 Å². The van der Waals surface area contributed by atoms with E-state index in [1.807, 2.05) is 26.8 Å². The summed E-state index contributed by atoms with van der Waals surface area (Å²) in [4.78, 5) is 6.49. The first-order chi connectivity index (χ1) is 9.85. The summed E-state index contributed by atoms with van der Waals surface area (Å²) in [6.07, 6.45) is 1.56. The lowest BCUT2D eigenvalue weighted by Crippen LogP contribution is -2.27. The van der Waals surface area contributed by atoms with Crippen LogP contribution in [0.2, 0.25) is 0 Å². The van der Waals surface area contributed by atoms with E-state index in [0.29, 0.717) is 5.82 Å². The van der Waals surface area contributed by atoms with Gasteiger partial charge in [0, 0.05) is 29.0 Å². The number of thiophene rings is 1. The molecule has 2 aromatic rings. The van der Waals surface area contributed by atoms with E-state index in [4.69, 9.17) is 0 Å². The molecule has 1 atom stereocenters. The van der Waals surface area contributed by atoms with Crippen LogP contribution < -0.4 is 10.0 Å². The molecule has 21 heavy (non-hydrogen) atoms. The van der Waals surface area contributed by atoms with Crippen molar-refractivity contribution < 1.29 is 8.42 Å². The maximum atomic E-state index is 12.5. The van der Waals surface area contributed by atoms with Gasteiger partial charge in [0.1, 0.15) is 10.7 Å². The van der Waals surface area contributed by atoms with E-state index in [0.717, 1.165) is 10.4 Å². The topological polar surface area (TPSA) is 71.1 Å². The van der Waals surface area contributed by atoms with Gasteiger partial charge in [-0.2, -0.15) is 0 Å². The van der Waals surface area contributed by atoms with E-state index in [2.05, 4.69) is 15.0 Å². The smallest absolute Gasteiger partial charge is 0.244 e. The lowest BCUT2D eigenvalue weighted by molar-refractivity contribution is 0.567. The molecule has 0 radical (unpaired) electrons. The molecule has 2 N–H and O–H groups in total. The molecular weight excluding hydrogens is 306 g/mol. The minimum atomic E-state index is -3.63. The van der Waals surface area contributed by atoms with Crippen molar-refractivity contribution in [2.75, 3.05) is 12.4 Å². The molecule has 0 aliphatic rings. The summed E-state index contributed by atoms with van der Waals surface area (Å²) < 4.78 is 27.8. The van der Waals surface area contributed by atoms with Gasteiger partial charge in [-0.1, -0.05) is 0 Å². The molecule has 0 amide bonds. The average molecular weight is 325 g/mol. The van der Waals surface area contributed by atoms with Gasteiger partial charge in [0.2, 0.25) is 10.0 Å². The number of nitrogens with one attached hydrogen (secondary N) is 2. The number of nitrogens with zero attached hydrogens (tertiary/aromatic N) is 1. The molecule has 2 rings (SSSR count). The zero-order valence-electron chi connectivity index (χ0n) is 12.5. The highest BCUT2D eigenvalue weighted by molar-refractivity contribution is 7.89. The Hall–Kier alpha value is -1.44. The van der Waals surface area contributed by atoms with Crippen LogP contribution in [0.4, 0.5) is 5.82 Å². The summed E-state index contributed by atoms with van der Waals surface area (Å²) in [6, 6.07) is 4.89. The zero-order chi connectivity index (χ0) is 15.6. The van der Waals surface area contributed by atoms with E-state index in [1.165, 1.54) is 4.88 Å². The van der Waals surface area contributed by atoms with Crippen molar-refractivity contribution in [2.45, 2.75) is 31.7 Å². The van der Waals surface area contributed by atoms with Crippen LogP contribution in [0.1, 0.15) is 28.3 Å². The van der Waals surface area contributed by atoms with Gasteiger partial charge in [-0.05, 0) is 44.5 Å². The van der Waals surface area contributed by atoms with Gasteiger partial charge >= 0.3 is 0 Å². The van der Waals surface area contributed by atoms with E-state index < -0.39 is 10.0 Å². The molecule has 0 saturated heterocycles. The molecule has 1 unspecified atom stereocenters. The van der Waals surface area contributed by atoms with E-state index in [-0.39, 0.29) is 10.9 Å². The molecule has 0 fully saturated rings. The summed E-state index contributed by atoms with van der Waals surface area (Å²) in [5.41, 5.74) is 1.01. The van der Waals surface area contributed by atoms with Crippen molar-refractivity contribution in [1.29, 1.82) is 0 Å². The fourth-order valence-corrected chi connectivity index (χ4v) is 4.64. The molecule has 114 valence electrons. The highest BCUT2D eigenvalue weighted by Gasteiger charge is 2.23. The molecule has 0 bridgehead atoms. The number of pyridine rings is 1. The first-order valence-electron chi connectivity index (χ1n) is 6.57. The predicted molar refractivity (Wildman–Crippen MR) is 86.3 cm³/mol. The van der Waals surface area contributed by atoms with Crippen LogP contribution in [0.15, 0.2) is 29.3 Å². The van der Waals surface area contributed by atoms with E-state index in [1.54, 1.807) is 36.7 Å². The molecule has 0 spiro atoms. The first kappa shape index (κ1) is 15.9. The molecule has 0 aliphatic carbocycles. The van der Waals surface area contributed by atoms with Gasteiger partial charge in [0.15, 0.2) is 0 Å². The molecule has 5 nitrogen and oxygen atoms in total. The van der Waals surface area contributed by atoms with Crippen molar-refractivity contribution in [1.82, 2.24) is 9.71 Å². The van der Waals surface area contributed by atoms with Crippen molar-refractivity contribution in [3.05, 3.63) is 39.7 Å². The Morgan fingerprint density at radius 3 is 2.62 bits per heavy atom. The summed E-state index contributed by atoms with van der Waals surface area (Å²) in [5.74, 6) is 0.343. The van der Waals surface area contributed by atoms with Crippen LogP contribution in [-0.4, -0.2) is 20.4 Å². The quantitative estimate of drug-likeness (QED) is 0.887. The minimum absolute atomic E-state index is 0.156. The van der Waals surface area contributed by atoms with Gasteiger partial charge in [-0.3, -0.25) is 0 Å². The molecule has 0 aliphatic heterocycles. The lowest BCUT2D eigenvalue weighted by atomic mass is 10.1. The SMILES string of the molecule is CNc1ncccc1S(=O)(=O)NC(C)c1cc(C)sc1C. The van der Waals surface area contributed by atoms with Crippen molar-refractivity contribution in [3.63, 3.8) is 0 Å². The van der Waals surface area contributed by atoms with Crippen molar-refractivity contribution in [2.24, 2.45) is 0 Å². The third kappa shape index (κ3) is 3.42. The number of aryl methyl sites for hydroxylation is 2. The van der Waals surface area contributed by atoms with Crippen molar-refractivity contribution in [3.8, 4) is 0 Å². The van der Waals surface area contributed by atoms with Crippen LogP contribution in [0.25, 0.3) is 0 Å². The lowest BCUT2D eigenvalue weighted by Gasteiger charge is -2.15. The Bertz CT molecular complexity index is 738. The predicted octanol–water partition coefficient (Wildman–Crippen LogP) is 2.84. The fourth-order valence-electron chi connectivity index (χ4n) is 2.24. The number of sulfonamides is 1. The second-order valence-electron chi connectivity index (χ2n) is 4.81. The Labute approximate surface area is 129 Å². The summed E-state index contributed by atoms with van der Waals surface area (Å²) in [7, 11) is -1.98. The highest BCUT2D eigenvalue weighted by Crippen LogP contribution is 2.28. The van der Waals surface area contributed by atoms with Crippen LogP contribution in [-0.2, 0) is 10.0 Å². The van der Waals surface area contributed by atoms with Gasteiger partial charge in [0.05, 0.1) is 0 Å². The van der Waals surface area contributed by atoms with Gasteiger partial charge in [0.25, 0.3) is 0 Å². The van der Waals surface area contributed by atoms with Crippen LogP contribution in [0.5, 0.6) is 0 Å². The Balaban J connectivity index is 2.31. The zero-order valence-corrected chi connectivity index (χ0v) is 14.1. The summed E-state index contributed by atoms with van der Waals surface area (Å²) in [6.45, 7) is 5.87. The molecule has 2 heterocycles. The number of anilines is 1. The Kier molecular flexibility index (Phi) is 4.65. The Morgan fingerprint density at radius 2 is 2.05 bits per heavy atom. The standard InChI is InChI=1S/C14H19N3O2S2/c1-9-8-12(11(3)20-9)10(2)17-21(18,19)13-6-5-7-16-14(13)15-4/h5-8,10,17H,1-4H3,(H,15,16). The third-order valence-electron chi connectivity index (χ3n) is 3.17. The molecular formula is C14H19N3O2S2. The Morgan fingerprint density at radius 1 is 1.33 bits per heavy atom. The van der Waals surface area contributed by atoms with Gasteiger partial charge in [-0.15, -0.1) is 11.3 Å². The third-order valence-corrected chi connectivity index (χ3v) is 5.73. The molecule has 2 aromatic heterocycles. The van der Waals surface area contributed by atoms with Crippen LogP contribution in [0, 0.1) is 13.8 Å². The maximum absolute atomic E-state index is 12.5. The minimum Gasteiger partial charge on any atom is -0.372 e. The summed E-state index contributed by atoms with van der Waals surface area (Å²) >= 11 is 1.67. The first-order valence-corrected chi connectivity index (χ1v) is 8.87. The number of rotatable bonds is 5. The second-order valence-corrected chi connectivity index (χ2v) is 7.95. The maximum Gasteiger partial charge on any atom is 0.244 e. The van der Waals surface area contributed by atoms with Crippen molar-refractivity contribution >= 4 is 27.2 Å². The van der Waals surface area contributed by atoms with E-state index >= 15 is 0 Å². The fraction of sp³-hybridized carbons (Fsp3) is 0.357.